The van der Waals surface area contributed by atoms with Crippen LogP contribution in [-0.4, -0.2) is 45.0 Å². The molecule has 0 aliphatic carbocycles. The van der Waals surface area contributed by atoms with E-state index in [1.165, 1.54) is 17.3 Å². The number of carbonyl (C=O) groups excluding carboxylic acids is 1. The quantitative estimate of drug-likeness (QED) is 0.514. The smallest absolute Gasteiger partial charge is 0.220 e. The van der Waals surface area contributed by atoms with E-state index in [-0.39, 0.29) is 5.91 Å². The molecule has 8 heteroatoms. The third-order valence-electron chi connectivity index (χ3n) is 3.65. The van der Waals surface area contributed by atoms with Gasteiger partial charge in [0.2, 0.25) is 11.1 Å². The van der Waals surface area contributed by atoms with Gasteiger partial charge in [0.25, 0.3) is 0 Å². The fourth-order valence-corrected chi connectivity index (χ4v) is 3.11. The molecule has 7 nitrogen and oxygen atoms in total. The molecule has 0 bridgehead atoms. The number of aryl methyl sites for hydroxylation is 3. The zero-order valence-corrected chi connectivity index (χ0v) is 15.8. The van der Waals surface area contributed by atoms with Gasteiger partial charge in [0.15, 0.2) is 0 Å². The average Bonchev–Trinajstić information content (AvgIpc) is 2.99. The Labute approximate surface area is 152 Å². The number of carbonyl (C=O) groups is 1. The molecule has 1 aromatic carbocycles. The molecule has 1 N–H and O–H groups in total. The summed E-state index contributed by atoms with van der Waals surface area (Å²) in [6, 6.07) is 6.21. The molecule has 0 unspecified atom stereocenters. The number of aromatic nitrogens is 4. The van der Waals surface area contributed by atoms with Gasteiger partial charge in [-0.05, 0) is 54.3 Å². The Hall–Kier alpha value is -2.09. The van der Waals surface area contributed by atoms with Gasteiger partial charge in [-0.2, -0.15) is 0 Å². The fraction of sp³-hybridized carbons (Fsp3) is 0.529. The van der Waals surface area contributed by atoms with E-state index < -0.39 is 0 Å². The van der Waals surface area contributed by atoms with Gasteiger partial charge in [0, 0.05) is 25.8 Å². The first-order valence-electron chi connectivity index (χ1n) is 8.44. The van der Waals surface area contributed by atoms with Crippen LogP contribution in [0.2, 0.25) is 0 Å². The summed E-state index contributed by atoms with van der Waals surface area (Å²) in [5.74, 6) is 1.76. The molecule has 0 saturated heterocycles. The summed E-state index contributed by atoms with van der Waals surface area (Å²) in [5, 5.41) is 14.9. The van der Waals surface area contributed by atoms with Crippen LogP contribution >= 0.6 is 11.8 Å². The second kappa shape index (κ2) is 10.0. The van der Waals surface area contributed by atoms with E-state index in [1.54, 1.807) is 11.7 Å². The maximum absolute atomic E-state index is 11.9. The van der Waals surface area contributed by atoms with Crippen LogP contribution in [0.3, 0.4) is 0 Å². The Balaban J connectivity index is 1.62. The number of hydrogen-bond acceptors (Lipinski definition) is 6. The van der Waals surface area contributed by atoms with Crippen LogP contribution in [0.25, 0.3) is 0 Å². The number of ether oxygens (including phenoxy) is 1. The molecule has 25 heavy (non-hydrogen) atoms. The van der Waals surface area contributed by atoms with Crippen LogP contribution in [0.1, 0.15) is 30.9 Å². The minimum absolute atomic E-state index is 0.0827. The third kappa shape index (κ3) is 6.38. The molecule has 0 aliphatic rings. The molecule has 1 amide bonds. The summed E-state index contributed by atoms with van der Waals surface area (Å²) in [6.07, 6.45) is 2.25. The van der Waals surface area contributed by atoms with Crippen LogP contribution in [0, 0.1) is 6.92 Å². The maximum atomic E-state index is 11.9. The molecule has 0 atom stereocenters. The van der Waals surface area contributed by atoms with E-state index in [0.717, 1.165) is 35.1 Å². The molecule has 0 radical (unpaired) electrons. The summed E-state index contributed by atoms with van der Waals surface area (Å²) in [5.41, 5.74) is 2.37. The second-order valence-electron chi connectivity index (χ2n) is 5.67. The lowest BCUT2D eigenvalue weighted by atomic mass is 10.0. The van der Waals surface area contributed by atoms with Gasteiger partial charge in [0.1, 0.15) is 5.75 Å². The van der Waals surface area contributed by atoms with E-state index in [4.69, 9.17) is 4.74 Å². The molecule has 0 saturated carbocycles. The highest BCUT2D eigenvalue weighted by atomic mass is 32.2. The van der Waals surface area contributed by atoms with E-state index in [1.807, 2.05) is 19.9 Å². The number of rotatable bonds is 10. The Morgan fingerprint density at radius 2 is 2.24 bits per heavy atom. The zero-order chi connectivity index (χ0) is 18.1. The number of nitrogens with one attached hydrogen (secondary N) is 1. The lowest BCUT2D eigenvalue weighted by Crippen LogP contribution is -2.25. The molecule has 1 aromatic heterocycles. The van der Waals surface area contributed by atoms with Gasteiger partial charge in [0.05, 0.1) is 6.61 Å². The third-order valence-corrected chi connectivity index (χ3v) is 4.66. The van der Waals surface area contributed by atoms with Crippen molar-refractivity contribution in [1.82, 2.24) is 25.5 Å². The molecular weight excluding hydrogens is 338 g/mol. The lowest BCUT2D eigenvalue weighted by Gasteiger charge is -2.09. The van der Waals surface area contributed by atoms with Gasteiger partial charge in [-0.25, -0.2) is 4.68 Å². The normalized spacial score (nSPS) is 10.7. The monoisotopic (exact) mass is 363 g/mol. The average molecular weight is 363 g/mol. The first kappa shape index (κ1) is 19.2. The van der Waals surface area contributed by atoms with Crippen LogP contribution in [-0.2, 0) is 18.3 Å². The van der Waals surface area contributed by atoms with E-state index in [9.17, 15) is 4.79 Å². The van der Waals surface area contributed by atoms with Crippen molar-refractivity contribution in [2.75, 3.05) is 18.9 Å². The highest BCUT2D eigenvalue weighted by molar-refractivity contribution is 7.99. The summed E-state index contributed by atoms with van der Waals surface area (Å²) in [7, 11) is 1.80. The molecular formula is C17H25N5O2S. The lowest BCUT2D eigenvalue weighted by molar-refractivity contribution is -0.121. The molecule has 0 fully saturated rings. The Morgan fingerprint density at radius 1 is 1.40 bits per heavy atom. The maximum Gasteiger partial charge on any atom is 0.220 e. The largest absolute Gasteiger partial charge is 0.494 e. The molecule has 0 spiro atoms. The molecule has 2 rings (SSSR count). The Morgan fingerprint density at radius 3 is 2.92 bits per heavy atom. The molecule has 136 valence electrons. The van der Waals surface area contributed by atoms with Gasteiger partial charge in [-0.1, -0.05) is 23.9 Å². The summed E-state index contributed by atoms with van der Waals surface area (Å²) in [4.78, 5) is 11.9. The summed E-state index contributed by atoms with van der Waals surface area (Å²) < 4.78 is 7.16. The zero-order valence-electron chi connectivity index (χ0n) is 15.0. The van der Waals surface area contributed by atoms with Crippen molar-refractivity contribution in [3.63, 3.8) is 0 Å². The predicted octanol–water partition coefficient (Wildman–Crippen LogP) is 2.15. The number of hydrogen-bond donors (Lipinski definition) is 1. The van der Waals surface area contributed by atoms with Crippen LogP contribution < -0.4 is 10.1 Å². The van der Waals surface area contributed by atoms with Crippen molar-refractivity contribution in [3.05, 3.63) is 29.3 Å². The molecule has 2 aromatic rings. The number of nitrogens with zero attached hydrogens (tertiary/aromatic N) is 4. The van der Waals surface area contributed by atoms with Gasteiger partial charge >= 0.3 is 0 Å². The molecule has 1 heterocycles. The van der Waals surface area contributed by atoms with Gasteiger partial charge < -0.3 is 10.1 Å². The van der Waals surface area contributed by atoms with Crippen molar-refractivity contribution in [1.29, 1.82) is 0 Å². The highest BCUT2D eigenvalue weighted by Crippen LogP contribution is 2.20. The number of amides is 1. The van der Waals surface area contributed by atoms with Crippen molar-refractivity contribution >= 4 is 17.7 Å². The predicted molar refractivity (Wildman–Crippen MR) is 97.8 cm³/mol. The van der Waals surface area contributed by atoms with Crippen LogP contribution in [0.5, 0.6) is 5.75 Å². The second-order valence-corrected chi connectivity index (χ2v) is 6.73. The molecule has 0 aliphatic heterocycles. The first-order chi connectivity index (χ1) is 12.1. The van der Waals surface area contributed by atoms with Crippen molar-refractivity contribution < 1.29 is 9.53 Å². The standard InChI is InChI=1S/C17H25N5O2S/c1-4-24-15-9-8-14(12-13(15)2)6-5-7-16(23)18-10-11-25-17-19-20-21-22(17)3/h8-9,12H,4-7,10-11H2,1-3H3,(H,18,23). The van der Waals surface area contributed by atoms with Crippen LogP contribution in [0.15, 0.2) is 23.4 Å². The van der Waals surface area contributed by atoms with Gasteiger partial charge in [-0.15, -0.1) is 5.10 Å². The summed E-state index contributed by atoms with van der Waals surface area (Å²) >= 11 is 1.52. The Kier molecular flexibility index (Phi) is 7.72. The number of benzene rings is 1. The Bertz CT molecular complexity index is 689. The fourth-order valence-electron chi connectivity index (χ4n) is 2.40. The van der Waals surface area contributed by atoms with Gasteiger partial charge in [-0.3, -0.25) is 4.79 Å². The minimum atomic E-state index is 0.0827. The number of thioether (sulfide) groups is 1. The van der Waals surface area contributed by atoms with E-state index in [0.29, 0.717) is 19.6 Å². The van der Waals surface area contributed by atoms with Crippen molar-refractivity contribution in [2.24, 2.45) is 7.05 Å². The number of tetrazole rings is 1. The van der Waals surface area contributed by atoms with Crippen molar-refractivity contribution in [3.8, 4) is 5.75 Å². The highest BCUT2D eigenvalue weighted by Gasteiger charge is 2.05. The van der Waals surface area contributed by atoms with Crippen LogP contribution in [0.4, 0.5) is 0 Å². The van der Waals surface area contributed by atoms with E-state index >= 15 is 0 Å². The minimum Gasteiger partial charge on any atom is -0.494 e. The summed E-state index contributed by atoms with van der Waals surface area (Å²) in [6.45, 7) is 5.31. The van der Waals surface area contributed by atoms with E-state index in [2.05, 4.69) is 33.0 Å². The SMILES string of the molecule is CCOc1ccc(CCCC(=O)NCCSc2nnnn2C)cc1C. The first-order valence-corrected chi connectivity index (χ1v) is 9.43. The topological polar surface area (TPSA) is 81.9 Å². The van der Waals surface area contributed by atoms with Crippen molar-refractivity contribution in [2.45, 2.75) is 38.3 Å².